The van der Waals surface area contributed by atoms with Gasteiger partial charge < -0.3 is 9.73 Å². The van der Waals surface area contributed by atoms with Gasteiger partial charge in [-0.2, -0.15) is 0 Å². The second-order valence-electron chi connectivity index (χ2n) is 2.77. The summed E-state index contributed by atoms with van der Waals surface area (Å²) >= 11 is 5.47. The molecule has 0 fully saturated rings. The summed E-state index contributed by atoms with van der Waals surface area (Å²) < 4.78 is 5.38. The van der Waals surface area contributed by atoms with Crippen LogP contribution in [0.1, 0.15) is 11.5 Å². The van der Waals surface area contributed by atoms with Gasteiger partial charge >= 0.3 is 0 Å². The maximum absolute atomic E-state index is 5.47. The van der Waals surface area contributed by atoms with Crippen LogP contribution in [0.2, 0.25) is 0 Å². The molecule has 0 atom stereocenters. The molecule has 13 heavy (non-hydrogen) atoms. The molecule has 0 saturated heterocycles. The Hall–Kier alpha value is -0.730. The van der Waals surface area contributed by atoms with Crippen LogP contribution in [0.5, 0.6) is 0 Å². The SMILES string of the molecule is Cc1ccc(CNC/C=C/CCl)o1. The lowest BCUT2D eigenvalue weighted by Crippen LogP contribution is -2.12. The van der Waals surface area contributed by atoms with Crippen molar-refractivity contribution in [2.75, 3.05) is 12.4 Å². The minimum atomic E-state index is 0.571. The van der Waals surface area contributed by atoms with Crippen LogP contribution >= 0.6 is 11.6 Å². The van der Waals surface area contributed by atoms with Crippen molar-refractivity contribution < 1.29 is 4.42 Å². The number of hydrogen-bond donors (Lipinski definition) is 1. The van der Waals surface area contributed by atoms with E-state index in [2.05, 4.69) is 5.32 Å². The Bertz CT molecular complexity index is 268. The molecule has 1 aromatic heterocycles. The highest BCUT2D eigenvalue weighted by Gasteiger charge is 1.95. The summed E-state index contributed by atoms with van der Waals surface area (Å²) in [6.07, 6.45) is 3.92. The first-order chi connectivity index (χ1) is 6.33. The van der Waals surface area contributed by atoms with Crippen molar-refractivity contribution in [3.05, 3.63) is 35.8 Å². The van der Waals surface area contributed by atoms with Gasteiger partial charge in [0.05, 0.1) is 6.54 Å². The van der Waals surface area contributed by atoms with Gasteiger partial charge in [-0.1, -0.05) is 12.2 Å². The van der Waals surface area contributed by atoms with Gasteiger partial charge in [-0.15, -0.1) is 11.6 Å². The van der Waals surface area contributed by atoms with E-state index in [0.717, 1.165) is 24.6 Å². The second-order valence-corrected chi connectivity index (χ2v) is 3.08. The van der Waals surface area contributed by atoms with Crippen molar-refractivity contribution in [3.8, 4) is 0 Å². The minimum Gasteiger partial charge on any atom is -0.465 e. The van der Waals surface area contributed by atoms with E-state index in [1.54, 1.807) is 0 Å². The quantitative estimate of drug-likeness (QED) is 0.448. The molecule has 0 spiro atoms. The van der Waals surface area contributed by atoms with Crippen LogP contribution in [-0.4, -0.2) is 12.4 Å². The zero-order valence-corrected chi connectivity index (χ0v) is 8.47. The lowest BCUT2D eigenvalue weighted by atomic mass is 10.4. The van der Waals surface area contributed by atoms with Crippen LogP contribution in [0.3, 0.4) is 0 Å². The number of halogens is 1. The molecule has 1 rings (SSSR count). The molecular formula is C10H14ClNO. The summed E-state index contributed by atoms with van der Waals surface area (Å²) in [4.78, 5) is 0. The predicted octanol–water partition coefficient (Wildman–Crippen LogP) is 2.47. The standard InChI is InChI=1S/C10H14ClNO/c1-9-4-5-10(13-9)8-12-7-3-2-6-11/h2-5,12H,6-8H2,1H3/b3-2+. The van der Waals surface area contributed by atoms with Crippen molar-refractivity contribution in [3.63, 3.8) is 0 Å². The van der Waals surface area contributed by atoms with Gasteiger partial charge in [0, 0.05) is 12.4 Å². The summed E-state index contributed by atoms with van der Waals surface area (Å²) in [5.74, 6) is 2.49. The maximum atomic E-state index is 5.47. The number of aryl methyl sites for hydroxylation is 1. The van der Waals surface area contributed by atoms with Crippen molar-refractivity contribution in [2.45, 2.75) is 13.5 Å². The first-order valence-corrected chi connectivity index (χ1v) is 4.83. The Balaban J connectivity index is 2.16. The molecule has 72 valence electrons. The summed E-state index contributed by atoms with van der Waals surface area (Å²) in [7, 11) is 0. The first kappa shape index (κ1) is 10.4. The van der Waals surface area contributed by atoms with E-state index in [1.807, 2.05) is 31.2 Å². The van der Waals surface area contributed by atoms with Crippen LogP contribution in [0.4, 0.5) is 0 Å². The fourth-order valence-corrected chi connectivity index (χ4v) is 1.13. The van der Waals surface area contributed by atoms with E-state index in [9.17, 15) is 0 Å². The molecule has 0 aliphatic carbocycles. The summed E-state index contributed by atoms with van der Waals surface area (Å²) in [5.41, 5.74) is 0. The Morgan fingerprint density at radius 3 is 2.92 bits per heavy atom. The molecule has 0 unspecified atom stereocenters. The molecule has 0 aromatic carbocycles. The normalized spacial score (nSPS) is 11.2. The number of allylic oxidation sites excluding steroid dienone is 1. The highest BCUT2D eigenvalue weighted by Crippen LogP contribution is 2.04. The molecule has 0 saturated carbocycles. The molecule has 0 radical (unpaired) electrons. The van der Waals surface area contributed by atoms with E-state index in [1.165, 1.54) is 0 Å². The van der Waals surface area contributed by atoms with Gasteiger partial charge in [-0.05, 0) is 19.1 Å². The van der Waals surface area contributed by atoms with E-state index in [4.69, 9.17) is 16.0 Å². The predicted molar refractivity (Wildman–Crippen MR) is 55.0 cm³/mol. The van der Waals surface area contributed by atoms with Gasteiger partial charge in [-0.3, -0.25) is 0 Å². The van der Waals surface area contributed by atoms with Gasteiger partial charge in [0.25, 0.3) is 0 Å². The fourth-order valence-electron chi connectivity index (χ4n) is 1.01. The van der Waals surface area contributed by atoms with Crippen LogP contribution in [0.15, 0.2) is 28.7 Å². The minimum absolute atomic E-state index is 0.571. The zero-order valence-electron chi connectivity index (χ0n) is 7.72. The highest BCUT2D eigenvalue weighted by atomic mass is 35.5. The van der Waals surface area contributed by atoms with E-state index in [0.29, 0.717) is 5.88 Å². The smallest absolute Gasteiger partial charge is 0.117 e. The molecule has 0 aliphatic rings. The molecule has 2 nitrogen and oxygen atoms in total. The van der Waals surface area contributed by atoms with Gasteiger partial charge in [0.2, 0.25) is 0 Å². The molecule has 1 aromatic rings. The largest absolute Gasteiger partial charge is 0.465 e. The molecule has 1 N–H and O–H groups in total. The lowest BCUT2D eigenvalue weighted by Gasteiger charge is -1.96. The summed E-state index contributed by atoms with van der Waals surface area (Å²) in [5, 5.41) is 3.21. The number of nitrogens with one attached hydrogen (secondary N) is 1. The van der Waals surface area contributed by atoms with Crippen molar-refractivity contribution in [2.24, 2.45) is 0 Å². The maximum Gasteiger partial charge on any atom is 0.117 e. The fraction of sp³-hybridized carbons (Fsp3) is 0.400. The number of rotatable bonds is 5. The second kappa shape index (κ2) is 5.84. The lowest BCUT2D eigenvalue weighted by molar-refractivity contribution is 0.467. The van der Waals surface area contributed by atoms with E-state index in [-0.39, 0.29) is 0 Å². The summed E-state index contributed by atoms with van der Waals surface area (Å²) in [6.45, 7) is 3.53. The molecule has 0 bridgehead atoms. The summed E-state index contributed by atoms with van der Waals surface area (Å²) in [6, 6.07) is 3.94. The first-order valence-electron chi connectivity index (χ1n) is 4.30. The highest BCUT2D eigenvalue weighted by molar-refractivity contribution is 6.18. The molecule has 0 amide bonds. The zero-order chi connectivity index (χ0) is 9.52. The van der Waals surface area contributed by atoms with Gasteiger partial charge in [0.1, 0.15) is 11.5 Å². The monoisotopic (exact) mass is 199 g/mol. The van der Waals surface area contributed by atoms with E-state index >= 15 is 0 Å². The average Bonchev–Trinajstić information content (AvgIpc) is 2.51. The van der Waals surface area contributed by atoms with E-state index < -0.39 is 0 Å². The average molecular weight is 200 g/mol. The van der Waals surface area contributed by atoms with Crippen molar-refractivity contribution in [1.82, 2.24) is 5.32 Å². The Kier molecular flexibility index (Phi) is 4.65. The van der Waals surface area contributed by atoms with Crippen LogP contribution < -0.4 is 5.32 Å². The number of furan rings is 1. The molecule has 0 aliphatic heterocycles. The van der Waals surface area contributed by atoms with Crippen molar-refractivity contribution in [1.29, 1.82) is 0 Å². The van der Waals surface area contributed by atoms with Crippen molar-refractivity contribution >= 4 is 11.6 Å². The molecule has 1 heterocycles. The molecule has 3 heteroatoms. The number of alkyl halides is 1. The van der Waals surface area contributed by atoms with Gasteiger partial charge in [0.15, 0.2) is 0 Å². The Labute approximate surface area is 83.6 Å². The Morgan fingerprint density at radius 1 is 1.46 bits per heavy atom. The third-order valence-corrected chi connectivity index (χ3v) is 1.79. The third kappa shape index (κ3) is 4.15. The topological polar surface area (TPSA) is 25.2 Å². The number of hydrogen-bond acceptors (Lipinski definition) is 2. The Morgan fingerprint density at radius 2 is 2.31 bits per heavy atom. The van der Waals surface area contributed by atoms with Crippen LogP contribution in [-0.2, 0) is 6.54 Å². The third-order valence-electron chi connectivity index (χ3n) is 1.61. The molecular weight excluding hydrogens is 186 g/mol. The van der Waals surface area contributed by atoms with Crippen LogP contribution in [0, 0.1) is 6.92 Å². The van der Waals surface area contributed by atoms with Crippen LogP contribution in [0.25, 0.3) is 0 Å². The van der Waals surface area contributed by atoms with Gasteiger partial charge in [-0.25, -0.2) is 0 Å².